The second kappa shape index (κ2) is 37.0. The number of carbonyl (C=O) groups excluding carboxylic acids is 10. The number of hydrogen-bond acceptors (Lipinski definition) is 17. The van der Waals surface area contributed by atoms with Crippen LogP contribution in [0.2, 0.25) is 30.1 Å². The highest BCUT2D eigenvalue weighted by molar-refractivity contribution is 7.20. The molecule has 0 radical (unpaired) electrons. The number of nitrogens with zero attached hydrogens (tertiary/aromatic N) is 11. The Morgan fingerprint density at radius 2 is 0.671 bits per heavy atom. The normalized spacial score (nSPS) is 20.2. The summed E-state index contributed by atoms with van der Waals surface area (Å²) < 4.78 is 10.7. The van der Waals surface area contributed by atoms with Crippen LogP contribution in [-0.2, 0) is 28.3 Å². The lowest BCUT2D eigenvalue weighted by Gasteiger charge is -2.40. The molecule has 0 N–H and O–H groups in total. The molecular formula is C110H79Cl6N11O12S4. The van der Waals surface area contributed by atoms with Crippen LogP contribution in [0.25, 0.3) is 9.88 Å². The molecule has 26 rings (SSSR count). The molecule has 143 heavy (non-hydrogen) atoms. The number of hydrogen-bond donors (Lipinski definition) is 0. The molecule has 5 unspecified atom stereocenters. The summed E-state index contributed by atoms with van der Waals surface area (Å²) in [5.41, 5.74) is 8.53. The van der Waals surface area contributed by atoms with Gasteiger partial charge in [0.1, 0.15) is 33.4 Å². The molecule has 712 valence electrons. The van der Waals surface area contributed by atoms with Crippen molar-refractivity contribution in [3.05, 3.63) is 471 Å². The molecule has 6 aromatic heterocycles. The van der Waals surface area contributed by atoms with E-state index >= 15 is 0 Å². The zero-order valence-corrected chi connectivity index (χ0v) is 83.7. The molecule has 0 aliphatic carbocycles. The topological polar surface area (TPSA) is 242 Å². The van der Waals surface area contributed by atoms with Crippen molar-refractivity contribution in [3.63, 3.8) is 0 Å². The van der Waals surface area contributed by atoms with E-state index in [-0.39, 0.29) is 59.1 Å². The molecule has 10 aromatic carbocycles. The molecule has 5 atom stereocenters. The van der Waals surface area contributed by atoms with Gasteiger partial charge in [-0.15, -0.1) is 34.0 Å². The second-order valence-electron chi connectivity index (χ2n) is 35.2. The van der Waals surface area contributed by atoms with Gasteiger partial charge in [-0.1, -0.05) is 227 Å². The Kier molecular flexibility index (Phi) is 24.3. The Bertz CT molecular complexity index is 7650. The molecule has 10 aliphatic rings. The Morgan fingerprint density at radius 1 is 0.329 bits per heavy atom. The Hall–Kier alpha value is -14.1. The predicted octanol–water partition coefficient (Wildman–Crippen LogP) is 22.5. The smallest absolute Gasteiger partial charge is 0.275 e. The standard InChI is InChI=1S/C24H16ClN3O2S2.C23H19ClN2O3.C21H14Cl2N2O2S.C21H15ClN2O3.C21H15ClN2O2S/c25-16-9-7-15(8-10-16)24-18-5-2-1-4-17(18)22(29)27(24)11-12-28(24)23(30)19-14-32-21(26-19)20-6-3-13-31-20;1-14-13-19(15(2)29-14)22(28)26-12-11-25-21(27)18-5-3-4-6-20(18)23(25,26)16-7-9-17(24)10-8-16;22-14-7-5-13(6-8-14)21-16-4-2-1-3-15(16)19(26)24(21)10-11-25(21)20(27)18-17(23)9-12-28-18;2*22-16-7-5-15(6-8-16)21-18-4-2-1-3-17(18)20(26)24(21)11-10-23(21)19(25)14-9-12-27-13-14/h1-10,13-14H,11-12H2;3-10,13H,11-12H2,1-2H3;1-9,12H,10-11H2;2*1-9,12-13H,10-11H2. The molecule has 0 saturated carbocycles. The van der Waals surface area contributed by atoms with E-state index in [1.54, 1.807) is 147 Å². The summed E-state index contributed by atoms with van der Waals surface area (Å²) in [7, 11) is 0. The van der Waals surface area contributed by atoms with Crippen molar-refractivity contribution in [2.75, 3.05) is 65.4 Å². The van der Waals surface area contributed by atoms with Gasteiger partial charge in [0.15, 0.2) is 28.3 Å². The van der Waals surface area contributed by atoms with Crippen molar-refractivity contribution >= 4 is 174 Å². The third-order valence-corrected chi connectivity index (χ3v) is 33.2. The fourth-order valence-electron chi connectivity index (χ4n) is 22.3. The molecule has 5 saturated heterocycles. The van der Waals surface area contributed by atoms with Gasteiger partial charge in [0.25, 0.3) is 59.1 Å². The van der Waals surface area contributed by atoms with Gasteiger partial charge in [-0.05, 0) is 151 Å². The average Bonchev–Trinajstić information content (AvgIpc) is 1.55. The largest absolute Gasteiger partial charge is 0.472 e. The van der Waals surface area contributed by atoms with E-state index in [0.29, 0.717) is 162 Å². The van der Waals surface area contributed by atoms with Crippen LogP contribution in [0.3, 0.4) is 0 Å². The number of benzene rings is 10. The van der Waals surface area contributed by atoms with E-state index in [9.17, 15) is 47.9 Å². The van der Waals surface area contributed by atoms with Gasteiger partial charge in [-0.25, -0.2) is 4.98 Å². The third-order valence-electron chi connectivity index (χ3n) is 28.1. The lowest BCUT2D eigenvalue weighted by Crippen LogP contribution is -2.51. The number of thiazole rings is 1. The predicted molar refractivity (Wildman–Crippen MR) is 550 cm³/mol. The van der Waals surface area contributed by atoms with Crippen LogP contribution in [0.15, 0.2) is 327 Å². The van der Waals surface area contributed by atoms with Crippen LogP contribution in [0.5, 0.6) is 0 Å². The summed E-state index contributed by atoms with van der Waals surface area (Å²) in [6, 6.07) is 85.3. The number of furan rings is 2. The SMILES string of the molecule is Cc1cc(C(=O)N2CCN3C(=O)c4ccccc4C32c2ccc(Cl)cc2)c(C)o1.O=C(c1ccoc1)N1CCN2C(=O)c3ccccc3C12c1ccc(Cl)cc1.O=C(c1ccsc1)N1CCN2C(=O)c3ccccc3C12c1ccc(Cl)cc1.O=C(c1csc(-c2cccs2)n1)N1CCN2C(=O)c3ccccc3C12c1ccc(Cl)cc1.O=C1c2ccccc2C2(c3ccc(Cl)cc3)N1CCN2C(=O)c1sccc1Cl. The van der Waals surface area contributed by atoms with Gasteiger partial charge in [-0.2, -0.15) is 11.3 Å². The molecule has 33 heteroatoms. The summed E-state index contributed by atoms with van der Waals surface area (Å²) >= 11 is 42.7. The molecule has 10 aliphatic heterocycles. The first-order chi connectivity index (χ1) is 69.4. The lowest BCUT2D eigenvalue weighted by atomic mass is 9.89. The Morgan fingerprint density at radius 3 is 0.979 bits per heavy atom. The maximum atomic E-state index is 13.8. The molecule has 16 heterocycles. The van der Waals surface area contributed by atoms with Crippen molar-refractivity contribution < 1.29 is 56.8 Å². The van der Waals surface area contributed by atoms with Crippen LogP contribution < -0.4 is 0 Å². The molecular weight excluding hydrogens is 2010 g/mol. The minimum atomic E-state index is -1.01. The van der Waals surface area contributed by atoms with Crippen molar-refractivity contribution in [2.45, 2.75) is 42.2 Å². The van der Waals surface area contributed by atoms with Crippen molar-refractivity contribution in [2.24, 2.45) is 0 Å². The first-order valence-electron chi connectivity index (χ1n) is 45.7. The van der Waals surface area contributed by atoms with Crippen LogP contribution in [0.1, 0.15) is 170 Å². The minimum absolute atomic E-state index is 0.0406. The summed E-state index contributed by atoms with van der Waals surface area (Å²) in [5.74, 6) is 0.190. The summed E-state index contributed by atoms with van der Waals surface area (Å²) in [4.78, 5) is 158. The van der Waals surface area contributed by atoms with Crippen LogP contribution in [0.4, 0.5) is 0 Å². The summed E-state index contributed by atoms with van der Waals surface area (Å²) in [5, 5.41) is 13.6. The number of thiophene rings is 3. The maximum absolute atomic E-state index is 13.8. The first-order valence-corrected chi connectivity index (χ1v) is 51.5. The highest BCUT2D eigenvalue weighted by Crippen LogP contribution is 2.57. The number of halogens is 6. The zero-order valence-electron chi connectivity index (χ0n) is 75.9. The van der Waals surface area contributed by atoms with E-state index in [0.717, 1.165) is 65.5 Å². The Balaban J connectivity index is 0.000000102. The van der Waals surface area contributed by atoms with Crippen molar-refractivity contribution in [1.29, 1.82) is 0 Å². The number of rotatable bonds is 11. The van der Waals surface area contributed by atoms with Crippen LogP contribution in [0, 0.1) is 13.8 Å². The fraction of sp³-hybridized carbons (Fsp3) is 0.155. The summed E-state index contributed by atoms with van der Waals surface area (Å²) in [6.45, 7) is 8.12. The number of amides is 10. The van der Waals surface area contributed by atoms with Crippen LogP contribution in [-0.4, -0.2) is 179 Å². The van der Waals surface area contributed by atoms with Crippen molar-refractivity contribution in [3.8, 4) is 9.88 Å². The van der Waals surface area contributed by atoms with E-state index < -0.39 is 28.3 Å². The van der Waals surface area contributed by atoms with E-state index in [1.807, 2.05) is 233 Å². The van der Waals surface area contributed by atoms with E-state index in [4.69, 9.17) is 78.4 Å². The quantitative estimate of drug-likeness (QED) is 0.117. The molecule has 16 aromatic rings. The number of carbonyl (C=O) groups is 10. The monoisotopic (exact) mass is 2080 g/mol. The third kappa shape index (κ3) is 14.7. The molecule has 5 fully saturated rings. The van der Waals surface area contributed by atoms with E-state index in [2.05, 4.69) is 4.98 Å². The fourth-order valence-corrected chi connectivity index (χ4v) is 26.2. The molecule has 23 nitrogen and oxygen atoms in total. The van der Waals surface area contributed by atoms with Gasteiger partial charge in [0.2, 0.25) is 0 Å². The van der Waals surface area contributed by atoms with Crippen LogP contribution >= 0.6 is 115 Å². The lowest BCUT2D eigenvalue weighted by molar-refractivity contribution is 0.0360. The van der Waals surface area contributed by atoms with Gasteiger partial charge >= 0.3 is 0 Å². The average molecular weight is 2090 g/mol. The second-order valence-corrected chi connectivity index (χ2v) is 41.2. The summed E-state index contributed by atoms with van der Waals surface area (Å²) in [6.07, 6.45) is 2.91. The van der Waals surface area contributed by atoms with Gasteiger partial charge in [0, 0.05) is 185 Å². The minimum Gasteiger partial charge on any atom is -0.472 e. The maximum Gasteiger partial charge on any atom is 0.275 e. The van der Waals surface area contributed by atoms with Crippen molar-refractivity contribution in [1.82, 2.24) is 54.0 Å². The van der Waals surface area contributed by atoms with Gasteiger partial charge in [-0.3, -0.25) is 47.9 Å². The highest BCUT2D eigenvalue weighted by atomic mass is 35.5. The molecule has 0 spiro atoms. The van der Waals surface area contributed by atoms with Gasteiger partial charge in [0.05, 0.1) is 32.9 Å². The number of aromatic nitrogens is 1. The highest BCUT2D eigenvalue weighted by Gasteiger charge is 2.66. The molecule has 0 bridgehead atoms. The number of fused-ring (bicyclic) bond motifs is 15. The Labute approximate surface area is 866 Å². The number of aryl methyl sites for hydroxylation is 2. The van der Waals surface area contributed by atoms with Gasteiger partial charge < -0.3 is 57.8 Å². The van der Waals surface area contributed by atoms with E-state index in [1.165, 1.54) is 46.5 Å². The molecule has 10 amide bonds. The zero-order chi connectivity index (χ0) is 98.9. The first kappa shape index (κ1) is 93.9.